The van der Waals surface area contributed by atoms with E-state index in [4.69, 9.17) is 10.8 Å². The number of phenolic OH excluding ortho intramolecular Hbond substituents is 1. The van der Waals surface area contributed by atoms with E-state index in [9.17, 15) is 39.3 Å². The average Bonchev–Trinajstić information content (AvgIpc) is 3.34. The molecule has 0 aliphatic heterocycles. The Hall–Kier alpha value is -4.95. The maximum absolute atomic E-state index is 13.5. The fourth-order valence-corrected chi connectivity index (χ4v) is 4.28. The van der Waals surface area contributed by atoms with E-state index in [0.29, 0.717) is 11.1 Å². The molecule has 14 heteroatoms. The number of benzene rings is 2. The summed E-state index contributed by atoms with van der Waals surface area (Å²) in [5.74, 6) is -5.75. The molecule has 3 amide bonds. The van der Waals surface area contributed by atoms with Gasteiger partial charge < -0.3 is 47.1 Å². The highest BCUT2D eigenvalue weighted by Gasteiger charge is 2.33. The Labute approximate surface area is 239 Å². The van der Waals surface area contributed by atoms with Crippen LogP contribution in [-0.4, -0.2) is 85.3 Å². The number of nitrogens with two attached hydrogens (primary N) is 1. The number of phenols is 1. The van der Waals surface area contributed by atoms with Crippen LogP contribution in [-0.2, 0) is 36.8 Å². The molecule has 224 valence electrons. The lowest BCUT2D eigenvalue weighted by Crippen LogP contribution is -2.60. The second-order valence-corrected chi connectivity index (χ2v) is 9.83. The Balaban J connectivity index is 1.82. The van der Waals surface area contributed by atoms with E-state index >= 15 is 0 Å². The predicted molar refractivity (Wildman–Crippen MR) is 149 cm³/mol. The summed E-state index contributed by atoms with van der Waals surface area (Å²) in [4.78, 5) is 64.8. The van der Waals surface area contributed by atoms with Gasteiger partial charge in [0.05, 0.1) is 18.6 Å². The second kappa shape index (κ2) is 14.1. The average molecular weight is 584 g/mol. The van der Waals surface area contributed by atoms with Crippen LogP contribution in [0.3, 0.4) is 0 Å². The number of aromatic amines is 1. The molecular formula is C28H33N5O9. The zero-order valence-electron chi connectivity index (χ0n) is 22.6. The number of carboxylic acids is 2. The van der Waals surface area contributed by atoms with E-state index in [1.54, 1.807) is 24.4 Å². The number of H-pyrrole nitrogens is 1. The van der Waals surface area contributed by atoms with Gasteiger partial charge in [-0.25, -0.2) is 4.79 Å². The molecule has 1 heterocycles. The standard InChI is InChI=1S/C28H33N5O9/c1-14(34)24(27(40)32-22(28(41)42)12-23(36)37)33-26(39)21(11-16-13-30-20-5-3-2-4-18(16)20)31-25(38)19(29)10-15-6-8-17(35)9-7-15/h2-9,13-14,19,21-22,24,30,34-35H,10-12,29H2,1H3,(H,31,38)(H,32,40)(H,33,39)(H,36,37)(H,41,42)/t14-,19+,21+,22+,24+/m1/s1. The van der Waals surface area contributed by atoms with Crippen LogP contribution < -0.4 is 21.7 Å². The number of hydrogen-bond acceptors (Lipinski definition) is 8. The smallest absolute Gasteiger partial charge is 0.326 e. The van der Waals surface area contributed by atoms with Crippen LogP contribution in [0, 0.1) is 0 Å². The number of para-hydroxylation sites is 1. The fraction of sp³-hybridized carbons (Fsp3) is 0.321. The van der Waals surface area contributed by atoms with Gasteiger partial charge in [-0.15, -0.1) is 0 Å². The normalized spacial score (nSPS) is 14.6. The number of carboxylic acid groups (broad SMARTS) is 2. The van der Waals surface area contributed by atoms with Crippen molar-refractivity contribution < 1.29 is 44.4 Å². The highest BCUT2D eigenvalue weighted by molar-refractivity contribution is 5.95. The topological polar surface area (TPSA) is 244 Å². The van der Waals surface area contributed by atoms with Crippen LogP contribution in [0.25, 0.3) is 10.9 Å². The van der Waals surface area contributed by atoms with Crippen LogP contribution >= 0.6 is 0 Å². The number of aliphatic hydroxyl groups is 1. The minimum Gasteiger partial charge on any atom is -0.508 e. The Morgan fingerprint density at radius 3 is 2.12 bits per heavy atom. The maximum Gasteiger partial charge on any atom is 0.326 e. The SMILES string of the molecule is C[C@@H](O)[C@H](NC(=O)[C@H](Cc1c[nH]c2ccccc12)NC(=O)[C@@H](N)Cc1ccc(O)cc1)C(=O)N[C@@H](CC(=O)O)C(=O)O. The number of amides is 3. The molecule has 0 aliphatic rings. The van der Waals surface area contributed by atoms with E-state index < -0.39 is 66.4 Å². The Bertz CT molecular complexity index is 1440. The van der Waals surface area contributed by atoms with Crippen molar-refractivity contribution in [1.82, 2.24) is 20.9 Å². The number of fused-ring (bicyclic) bond motifs is 1. The van der Waals surface area contributed by atoms with Crippen LogP contribution in [0.2, 0.25) is 0 Å². The summed E-state index contributed by atoms with van der Waals surface area (Å²) in [5, 5.41) is 45.6. The quantitative estimate of drug-likeness (QED) is 0.116. The first kappa shape index (κ1) is 31.6. The number of hydrogen-bond donors (Lipinski definition) is 9. The molecule has 10 N–H and O–H groups in total. The molecule has 0 bridgehead atoms. The summed E-state index contributed by atoms with van der Waals surface area (Å²) in [6, 6.07) is 7.47. The third-order valence-corrected chi connectivity index (χ3v) is 6.52. The zero-order valence-corrected chi connectivity index (χ0v) is 22.6. The lowest BCUT2D eigenvalue weighted by Gasteiger charge is -2.26. The predicted octanol–water partition coefficient (Wildman–Crippen LogP) is -0.619. The van der Waals surface area contributed by atoms with Gasteiger partial charge in [0.25, 0.3) is 0 Å². The molecule has 2 aromatic carbocycles. The molecular weight excluding hydrogens is 550 g/mol. The van der Waals surface area contributed by atoms with Crippen molar-refractivity contribution in [2.24, 2.45) is 5.73 Å². The van der Waals surface area contributed by atoms with E-state index in [1.165, 1.54) is 19.1 Å². The molecule has 0 aliphatic carbocycles. The van der Waals surface area contributed by atoms with Crippen molar-refractivity contribution in [1.29, 1.82) is 0 Å². The lowest BCUT2D eigenvalue weighted by molar-refractivity contribution is -0.148. The van der Waals surface area contributed by atoms with Gasteiger partial charge in [0, 0.05) is 23.5 Å². The third kappa shape index (κ3) is 8.52. The number of rotatable bonds is 14. The highest BCUT2D eigenvalue weighted by atomic mass is 16.4. The first-order chi connectivity index (χ1) is 19.8. The van der Waals surface area contributed by atoms with Crippen molar-refractivity contribution in [2.45, 2.75) is 56.5 Å². The molecule has 3 aromatic rings. The monoisotopic (exact) mass is 583 g/mol. The number of carbonyl (C=O) groups is 5. The first-order valence-corrected chi connectivity index (χ1v) is 13.0. The largest absolute Gasteiger partial charge is 0.508 e. The van der Waals surface area contributed by atoms with E-state index in [-0.39, 0.29) is 18.6 Å². The number of aliphatic hydroxyl groups excluding tert-OH is 1. The first-order valence-electron chi connectivity index (χ1n) is 13.0. The van der Waals surface area contributed by atoms with Crippen LogP contribution in [0.5, 0.6) is 5.75 Å². The number of aromatic hydroxyl groups is 1. The Morgan fingerprint density at radius 1 is 0.857 bits per heavy atom. The summed E-state index contributed by atoms with van der Waals surface area (Å²) in [6.07, 6.45) is -0.741. The van der Waals surface area contributed by atoms with E-state index in [2.05, 4.69) is 15.6 Å². The van der Waals surface area contributed by atoms with Gasteiger partial charge in [-0.05, 0) is 42.7 Å². The molecule has 14 nitrogen and oxygen atoms in total. The lowest BCUT2D eigenvalue weighted by atomic mass is 10.0. The summed E-state index contributed by atoms with van der Waals surface area (Å²) in [7, 11) is 0. The molecule has 0 unspecified atom stereocenters. The number of nitrogens with one attached hydrogen (secondary N) is 4. The van der Waals surface area contributed by atoms with Crippen LogP contribution in [0.1, 0.15) is 24.5 Å². The van der Waals surface area contributed by atoms with Gasteiger partial charge in [0.2, 0.25) is 17.7 Å². The minimum atomic E-state index is -1.81. The molecule has 42 heavy (non-hydrogen) atoms. The van der Waals surface area contributed by atoms with Crippen molar-refractivity contribution in [2.75, 3.05) is 0 Å². The summed E-state index contributed by atoms with van der Waals surface area (Å²) >= 11 is 0. The highest BCUT2D eigenvalue weighted by Crippen LogP contribution is 2.19. The van der Waals surface area contributed by atoms with Gasteiger partial charge in [0.15, 0.2) is 0 Å². The van der Waals surface area contributed by atoms with Crippen molar-refractivity contribution in [3.8, 4) is 5.75 Å². The maximum atomic E-state index is 13.5. The molecule has 5 atom stereocenters. The number of carbonyl (C=O) groups excluding carboxylic acids is 3. The van der Waals surface area contributed by atoms with Crippen LogP contribution in [0.4, 0.5) is 0 Å². The Morgan fingerprint density at radius 2 is 1.50 bits per heavy atom. The number of aromatic nitrogens is 1. The second-order valence-electron chi connectivity index (χ2n) is 9.83. The van der Waals surface area contributed by atoms with E-state index in [1.807, 2.05) is 23.5 Å². The third-order valence-electron chi connectivity index (χ3n) is 6.52. The van der Waals surface area contributed by atoms with Gasteiger partial charge in [0.1, 0.15) is 23.9 Å². The molecule has 1 aromatic heterocycles. The molecule has 0 saturated heterocycles. The van der Waals surface area contributed by atoms with Crippen molar-refractivity contribution in [3.63, 3.8) is 0 Å². The van der Waals surface area contributed by atoms with Crippen molar-refractivity contribution in [3.05, 3.63) is 65.9 Å². The molecule has 3 rings (SSSR count). The van der Waals surface area contributed by atoms with Gasteiger partial charge in [-0.2, -0.15) is 0 Å². The van der Waals surface area contributed by atoms with E-state index in [0.717, 1.165) is 10.9 Å². The fourth-order valence-electron chi connectivity index (χ4n) is 4.28. The van der Waals surface area contributed by atoms with Crippen LogP contribution in [0.15, 0.2) is 54.7 Å². The molecule has 0 fully saturated rings. The molecule has 0 spiro atoms. The van der Waals surface area contributed by atoms with Gasteiger partial charge >= 0.3 is 11.9 Å². The van der Waals surface area contributed by atoms with Gasteiger partial charge in [-0.3, -0.25) is 19.2 Å². The van der Waals surface area contributed by atoms with Crippen molar-refractivity contribution >= 4 is 40.6 Å². The summed E-state index contributed by atoms with van der Waals surface area (Å²) in [6.45, 7) is 1.18. The summed E-state index contributed by atoms with van der Waals surface area (Å²) in [5.41, 5.74) is 8.20. The number of aliphatic carboxylic acids is 2. The Kier molecular flexibility index (Phi) is 10.6. The molecule has 0 radical (unpaired) electrons. The minimum absolute atomic E-state index is 0.0431. The summed E-state index contributed by atoms with van der Waals surface area (Å²) < 4.78 is 0. The molecule has 0 saturated carbocycles. The zero-order chi connectivity index (χ0) is 31.0. The van der Waals surface area contributed by atoms with Gasteiger partial charge in [-0.1, -0.05) is 30.3 Å².